The number of hydrogen-bond acceptors (Lipinski definition) is 6. The first kappa shape index (κ1) is 15.1. The summed E-state index contributed by atoms with van der Waals surface area (Å²) < 4.78 is 11.6. The number of fused-ring (bicyclic) bond motifs is 2. The van der Waals surface area contributed by atoms with Crippen molar-refractivity contribution in [3.05, 3.63) is 58.4 Å². The Kier molecular flexibility index (Phi) is 3.77. The summed E-state index contributed by atoms with van der Waals surface area (Å²) in [5, 5.41) is 10.9. The quantitative estimate of drug-likeness (QED) is 0.757. The van der Waals surface area contributed by atoms with E-state index in [0.717, 1.165) is 10.2 Å². The maximum atomic E-state index is 12.3. The first-order chi connectivity index (χ1) is 12.2. The molecular weight excluding hydrogens is 324 g/mol. The molecule has 0 aliphatic carbocycles. The van der Waals surface area contributed by atoms with Crippen LogP contribution in [0.15, 0.2) is 47.3 Å². The van der Waals surface area contributed by atoms with Gasteiger partial charge in [0, 0.05) is 6.54 Å². The Hall–Kier alpha value is -3.42. The smallest absolute Gasteiger partial charge is 0.278 e. The van der Waals surface area contributed by atoms with E-state index in [9.17, 15) is 9.59 Å². The highest BCUT2D eigenvalue weighted by molar-refractivity contribution is 5.78. The SMILES string of the molecule is O=C(Cn1nnc2ccccc2c1=O)NCc1ccc2c(c1)OCO2. The van der Waals surface area contributed by atoms with E-state index in [2.05, 4.69) is 15.6 Å². The molecule has 0 atom stereocenters. The zero-order valence-electron chi connectivity index (χ0n) is 13.1. The second kappa shape index (κ2) is 6.23. The van der Waals surface area contributed by atoms with Gasteiger partial charge in [-0.2, -0.15) is 0 Å². The van der Waals surface area contributed by atoms with Crippen molar-refractivity contribution in [2.75, 3.05) is 6.79 Å². The van der Waals surface area contributed by atoms with Crippen LogP contribution in [-0.2, 0) is 17.9 Å². The summed E-state index contributed by atoms with van der Waals surface area (Å²) in [7, 11) is 0. The van der Waals surface area contributed by atoms with Crippen molar-refractivity contribution in [2.24, 2.45) is 0 Å². The zero-order valence-corrected chi connectivity index (χ0v) is 13.1. The Balaban J connectivity index is 1.44. The molecule has 1 aromatic heterocycles. The van der Waals surface area contributed by atoms with E-state index in [4.69, 9.17) is 9.47 Å². The molecule has 1 amide bonds. The highest BCUT2D eigenvalue weighted by Crippen LogP contribution is 2.32. The van der Waals surface area contributed by atoms with Gasteiger partial charge in [-0.1, -0.05) is 23.4 Å². The monoisotopic (exact) mass is 338 g/mol. The number of rotatable bonds is 4. The van der Waals surface area contributed by atoms with E-state index >= 15 is 0 Å². The Morgan fingerprint density at radius 2 is 2.00 bits per heavy atom. The van der Waals surface area contributed by atoms with Gasteiger partial charge in [0.2, 0.25) is 12.7 Å². The van der Waals surface area contributed by atoms with Crippen molar-refractivity contribution in [2.45, 2.75) is 13.1 Å². The minimum Gasteiger partial charge on any atom is -0.454 e. The Morgan fingerprint density at radius 3 is 2.92 bits per heavy atom. The molecule has 1 aliphatic rings. The second-order valence-electron chi connectivity index (χ2n) is 5.53. The summed E-state index contributed by atoms with van der Waals surface area (Å²) in [6.07, 6.45) is 0. The van der Waals surface area contributed by atoms with Crippen LogP contribution in [0.3, 0.4) is 0 Å². The highest BCUT2D eigenvalue weighted by Gasteiger charge is 2.14. The third-order valence-corrected chi connectivity index (χ3v) is 3.85. The normalized spacial score (nSPS) is 12.3. The average molecular weight is 338 g/mol. The first-order valence-corrected chi connectivity index (χ1v) is 7.68. The summed E-state index contributed by atoms with van der Waals surface area (Å²) in [4.78, 5) is 24.4. The van der Waals surface area contributed by atoms with Gasteiger partial charge in [-0.15, -0.1) is 5.10 Å². The van der Waals surface area contributed by atoms with E-state index in [1.165, 1.54) is 0 Å². The number of benzene rings is 2. The van der Waals surface area contributed by atoms with Crippen molar-refractivity contribution < 1.29 is 14.3 Å². The van der Waals surface area contributed by atoms with Gasteiger partial charge in [0.1, 0.15) is 12.1 Å². The largest absolute Gasteiger partial charge is 0.454 e. The molecule has 1 aliphatic heterocycles. The van der Waals surface area contributed by atoms with Gasteiger partial charge < -0.3 is 14.8 Å². The fraction of sp³-hybridized carbons (Fsp3) is 0.176. The molecule has 2 heterocycles. The summed E-state index contributed by atoms with van der Waals surface area (Å²) in [5.41, 5.74) is 1.03. The molecule has 2 aromatic carbocycles. The molecule has 25 heavy (non-hydrogen) atoms. The molecule has 8 heteroatoms. The molecule has 4 rings (SSSR count). The molecular formula is C17H14N4O4. The number of carbonyl (C=O) groups excluding carboxylic acids is 1. The molecule has 0 unspecified atom stereocenters. The summed E-state index contributed by atoms with van der Waals surface area (Å²) in [5.74, 6) is 1.01. The lowest BCUT2D eigenvalue weighted by molar-refractivity contribution is -0.122. The molecule has 0 radical (unpaired) electrons. The molecule has 0 saturated carbocycles. The van der Waals surface area contributed by atoms with Gasteiger partial charge in [-0.05, 0) is 29.8 Å². The van der Waals surface area contributed by atoms with E-state index < -0.39 is 0 Å². The Labute approximate surface area is 142 Å². The average Bonchev–Trinajstić information content (AvgIpc) is 3.10. The number of nitrogens with zero attached hydrogens (tertiary/aromatic N) is 3. The van der Waals surface area contributed by atoms with Crippen LogP contribution in [0.1, 0.15) is 5.56 Å². The van der Waals surface area contributed by atoms with Crippen LogP contribution in [0, 0.1) is 0 Å². The molecule has 0 saturated heterocycles. The number of hydrogen-bond donors (Lipinski definition) is 1. The molecule has 3 aromatic rings. The van der Waals surface area contributed by atoms with Crippen LogP contribution in [0.2, 0.25) is 0 Å². The lowest BCUT2D eigenvalue weighted by Crippen LogP contribution is -2.34. The molecule has 0 bridgehead atoms. The van der Waals surface area contributed by atoms with Crippen LogP contribution in [-0.4, -0.2) is 27.7 Å². The van der Waals surface area contributed by atoms with E-state index in [1.807, 2.05) is 12.1 Å². The van der Waals surface area contributed by atoms with Gasteiger partial charge in [0.05, 0.1) is 5.39 Å². The van der Waals surface area contributed by atoms with Crippen LogP contribution in [0.5, 0.6) is 11.5 Å². The second-order valence-corrected chi connectivity index (χ2v) is 5.53. The molecule has 0 fully saturated rings. The number of nitrogens with one attached hydrogen (secondary N) is 1. The fourth-order valence-electron chi connectivity index (χ4n) is 2.57. The lowest BCUT2D eigenvalue weighted by Gasteiger charge is -2.07. The third kappa shape index (κ3) is 3.01. The summed E-state index contributed by atoms with van der Waals surface area (Å²) in [6.45, 7) is 0.321. The predicted molar refractivity (Wildman–Crippen MR) is 88.2 cm³/mol. The fourth-order valence-corrected chi connectivity index (χ4v) is 2.57. The summed E-state index contributed by atoms with van der Waals surface area (Å²) in [6, 6.07) is 12.3. The van der Waals surface area contributed by atoms with Crippen molar-refractivity contribution in [1.29, 1.82) is 0 Å². The van der Waals surface area contributed by atoms with Crippen LogP contribution < -0.4 is 20.3 Å². The number of amides is 1. The van der Waals surface area contributed by atoms with Crippen LogP contribution in [0.25, 0.3) is 10.9 Å². The molecule has 8 nitrogen and oxygen atoms in total. The Bertz CT molecular complexity index is 1010. The maximum absolute atomic E-state index is 12.3. The van der Waals surface area contributed by atoms with E-state index in [-0.39, 0.29) is 24.8 Å². The minimum absolute atomic E-state index is 0.193. The highest BCUT2D eigenvalue weighted by atomic mass is 16.7. The summed E-state index contributed by atoms with van der Waals surface area (Å²) >= 11 is 0. The van der Waals surface area contributed by atoms with Gasteiger partial charge in [0.15, 0.2) is 11.5 Å². The topological polar surface area (TPSA) is 95.3 Å². The van der Waals surface area contributed by atoms with E-state index in [0.29, 0.717) is 28.9 Å². The van der Waals surface area contributed by atoms with Crippen molar-refractivity contribution in [3.63, 3.8) is 0 Å². The van der Waals surface area contributed by atoms with Gasteiger partial charge in [0.25, 0.3) is 5.56 Å². The molecule has 1 N–H and O–H groups in total. The maximum Gasteiger partial charge on any atom is 0.278 e. The predicted octanol–water partition coefficient (Wildman–Crippen LogP) is 0.837. The van der Waals surface area contributed by atoms with Crippen molar-refractivity contribution in [1.82, 2.24) is 20.3 Å². The van der Waals surface area contributed by atoms with Gasteiger partial charge in [-0.3, -0.25) is 9.59 Å². The van der Waals surface area contributed by atoms with Gasteiger partial charge >= 0.3 is 0 Å². The molecule has 126 valence electrons. The minimum atomic E-state index is -0.344. The van der Waals surface area contributed by atoms with Crippen molar-refractivity contribution in [3.8, 4) is 11.5 Å². The Morgan fingerprint density at radius 1 is 1.16 bits per heavy atom. The van der Waals surface area contributed by atoms with E-state index in [1.54, 1.807) is 30.3 Å². The first-order valence-electron chi connectivity index (χ1n) is 7.68. The third-order valence-electron chi connectivity index (χ3n) is 3.85. The molecule has 0 spiro atoms. The number of aromatic nitrogens is 3. The van der Waals surface area contributed by atoms with Gasteiger partial charge in [-0.25, -0.2) is 4.68 Å². The lowest BCUT2D eigenvalue weighted by atomic mass is 10.2. The van der Waals surface area contributed by atoms with Crippen LogP contribution >= 0.6 is 0 Å². The standard InChI is InChI=1S/C17H14N4O4/c22-16(18-8-11-5-6-14-15(7-11)25-10-24-14)9-21-17(23)12-3-1-2-4-13(12)19-20-21/h1-7H,8-10H2,(H,18,22). The van der Waals surface area contributed by atoms with Crippen LogP contribution in [0.4, 0.5) is 0 Å². The zero-order chi connectivity index (χ0) is 17.2. The number of ether oxygens (including phenoxy) is 2. The van der Waals surface area contributed by atoms with Crippen molar-refractivity contribution >= 4 is 16.8 Å². The number of carbonyl (C=O) groups is 1.